The lowest BCUT2D eigenvalue weighted by Crippen LogP contribution is -2.25. The van der Waals surface area contributed by atoms with Crippen molar-refractivity contribution in [2.24, 2.45) is 7.05 Å². The molecule has 0 aromatic carbocycles. The molecule has 78 valence electrons. The van der Waals surface area contributed by atoms with Crippen molar-refractivity contribution >= 4 is 5.97 Å². The fraction of sp³-hybridized carbons (Fsp3) is 0.429. The van der Waals surface area contributed by atoms with Gasteiger partial charge in [-0.25, -0.2) is 13.5 Å². The van der Waals surface area contributed by atoms with Crippen molar-refractivity contribution in [3.63, 3.8) is 0 Å². The molecule has 1 heterocycles. The van der Waals surface area contributed by atoms with Crippen LogP contribution in [0.5, 0.6) is 0 Å². The van der Waals surface area contributed by atoms with Crippen molar-refractivity contribution in [3.8, 4) is 0 Å². The van der Waals surface area contributed by atoms with Crippen LogP contribution in [-0.4, -0.2) is 20.4 Å². The number of hydrogen-bond acceptors (Lipinski definition) is 2. The predicted octanol–water partition coefficient (Wildman–Crippen LogP) is 0.209. The van der Waals surface area contributed by atoms with E-state index in [1.54, 1.807) is 0 Å². The number of carboxylic acid groups (broad SMARTS) is 1. The summed E-state index contributed by atoms with van der Waals surface area (Å²) in [6.45, 7) is -0.623. The minimum atomic E-state index is -2.79. The van der Waals surface area contributed by atoms with E-state index in [4.69, 9.17) is 5.11 Å². The van der Waals surface area contributed by atoms with Gasteiger partial charge in [0.15, 0.2) is 0 Å². The second-order valence-electron chi connectivity index (χ2n) is 2.68. The minimum absolute atomic E-state index is 0.490. The van der Waals surface area contributed by atoms with E-state index in [1.807, 2.05) is 0 Å². The summed E-state index contributed by atoms with van der Waals surface area (Å²) in [5.41, 5.74) is -1.23. The number of carboxylic acids is 1. The van der Waals surface area contributed by atoms with E-state index in [1.165, 1.54) is 7.05 Å². The predicted molar refractivity (Wildman–Crippen MR) is 42.3 cm³/mol. The van der Waals surface area contributed by atoms with Crippen molar-refractivity contribution < 1.29 is 18.7 Å². The number of carbonyl (C=O) groups is 1. The molecule has 0 amide bonds. The standard InChI is InChI=1S/C7H8F2N2O3/c1-10-4(7(8)9)2-5(12)11(10)3-6(13)14/h2,7H,3H2,1H3,(H,13,14). The van der Waals surface area contributed by atoms with Crippen LogP contribution in [0.4, 0.5) is 8.78 Å². The Kier molecular flexibility index (Phi) is 2.68. The highest BCUT2D eigenvalue weighted by Crippen LogP contribution is 2.15. The molecule has 0 spiro atoms. The van der Waals surface area contributed by atoms with Gasteiger partial charge in [0.2, 0.25) is 0 Å². The maximum atomic E-state index is 12.2. The molecule has 1 aromatic rings. The lowest BCUT2D eigenvalue weighted by atomic mass is 10.4. The highest BCUT2D eigenvalue weighted by molar-refractivity contribution is 5.66. The van der Waals surface area contributed by atoms with E-state index < -0.39 is 30.2 Å². The number of rotatable bonds is 3. The zero-order chi connectivity index (χ0) is 10.9. The number of aromatic nitrogens is 2. The molecular formula is C7H8F2N2O3. The highest BCUT2D eigenvalue weighted by Gasteiger charge is 2.17. The lowest BCUT2D eigenvalue weighted by Gasteiger charge is -2.06. The molecule has 0 aliphatic rings. The number of hydrogen-bond donors (Lipinski definition) is 1. The maximum absolute atomic E-state index is 12.2. The molecular weight excluding hydrogens is 198 g/mol. The molecule has 0 aliphatic heterocycles. The van der Waals surface area contributed by atoms with E-state index in [0.717, 1.165) is 15.4 Å². The molecule has 0 unspecified atom stereocenters. The summed E-state index contributed by atoms with van der Waals surface area (Å²) in [6, 6.07) is 0.730. The third-order valence-electron chi connectivity index (χ3n) is 1.77. The fourth-order valence-corrected chi connectivity index (χ4v) is 1.10. The van der Waals surface area contributed by atoms with Crippen LogP contribution in [0.1, 0.15) is 12.1 Å². The molecule has 0 aliphatic carbocycles. The molecule has 0 radical (unpaired) electrons. The van der Waals surface area contributed by atoms with Gasteiger partial charge in [-0.2, -0.15) is 0 Å². The van der Waals surface area contributed by atoms with Crippen LogP contribution in [0.15, 0.2) is 10.9 Å². The van der Waals surface area contributed by atoms with Gasteiger partial charge in [-0.15, -0.1) is 0 Å². The van der Waals surface area contributed by atoms with E-state index in [2.05, 4.69) is 0 Å². The normalized spacial score (nSPS) is 10.9. The van der Waals surface area contributed by atoms with Gasteiger partial charge in [0, 0.05) is 13.1 Å². The quantitative estimate of drug-likeness (QED) is 0.768. The molecule has 5 nitrogen and oxygen atoms in total. The third-order valence-corrected chi connectivity index (χ3v) is 1.77. The molecule has 14 heavy (non-hydrogen) atoms. The number of halogens is 2. The lowest BCUT2D eigenvalue weighted by molar-refractivity contribution is -0.138. The average Bonchev–Trinajstić information content (AvgIpc) is 2.31. The van der Waals surface area contributed by atoms with Crippen molar-refractivity contribution in [3.05, 3.63) is 22.1 Å². The van der Waals surface area contributed by atoms with Gasteiger partial charge in [0.25, 0.3) is 12.0 Å². The van der Waals surface area contributed by atoms with Crippen LogP contribution in [0, 0.1) is 0 Å². The smallest absolute Gasteiger partial charge is 0.325 e. The van der Waals surface area contributed by atoms with Gasteiger partial charge < -0.3 is 5.11 Å². The Morgan fingerprint density at radius 3 is 2.57 bits per heavy atom. The Morgan fingerprint density at radius 2 is 2.21 bits per heavy atom. The summed E-state index contributed by atoms with van der Waals surface area (Å²) >= 11 is 0. The van der Waals surface area contributed by atoms with Crippen LogP contribution < -0.4 is 5.56 Å². The first-order valence-corrected chi connectivity index (χ1v) is 3.70. The van der Waals surface area contributed by atoms with Crippen molar-refractivity contribution in [2.75, 3.05) is 0 Å². The molecule has 7 heteroatoms. The summed E-state index contributed by atoms with van der Waals surface area (Å²) in [6.07, 6.45) is -2.79. The zero-order valence-electron chi connectivity index (χ0n) is 7.28. The third kappa shape index (κ3) is 1.81. The molecule has 0 atom stereocenters. The molecule has 0 fully saturated rings. The molecule has 0 saturated carbocycles. The van der Waals surface area contributed by atoms with E-state index in [0.29, 0.717) is 0 Å². The van der Waals surface area contributed by atoms with Crippen LogP contribution in [0.3, 0.4) is 0 Å². The van der Waals surface area contributed by atoms with Gasteiger partial charge >= 0.3 is 5.97 Å². The molecule has 0 saturated heterocycles. The SMILES string of the molecule is Cn1c(C(F)F)cc(=O)n1CC(=O)O. The van der Waals surface area contributed by atoms with Crippen LogP contribution in [0.2, 0.25) is 0 Å². The van der Waals surface area contributed by atoms with Crippen LogP contribution >= 0.6 is 0 Å². The first-order chi connectivity index (χ1) is 6.43. The van der Waals surface area contributed by atoms with Gasteiger partial charge in [-0.05, 0) is 0 Å². The molecule has 0 bridgehead atoms. The summed E-state index contributed by atoms with van der Waals surface area (Å²) in [5.74, 6) is -1.26. The second kappa shape index (κ2) is 3.60. The average molecular weight is 206 g/mol. The molecule has 1 N–H and O–H groups in total. The van der Waals surface area contributed by atoms with Gasteiger partial charge in [0.05, 0.1) is 0 Å². The Bertz CT molecular complexity index is 408. The number of nitrogens with zero attached hydrogens (tertiary/aromatic N) is 2. The van der Waals surface area contributed by atoms with Crippen molar-refractivity contribution in [1.82, 2.24) is 9.36 Å². The topological polar surface area (TPSA) is 64.2 Å². The first kappa shape index (κ1) is 10.4. The van der Waals surface area contributed by atoms with Gasteiger partial charge in [-0.1, -0.05) is 0 Å². The van der Waals surface area contributed by atoms with Gasteiger partial charge in [-0.3, -0.25) is 14.3 Å². The fourth-order valence-electron chi connectivity index (χ4n) is 1.10. The summed E-state index contributed by atoms with van der Waals surface area (Å²) < 4.78 is 26.1. The highest BCUT2D eigenvalue weighted by atomic mass is 19.3. The Labute approximate surface area is 77.2 Å². The number of aliphatic carboxylic acids is 1. The van der Waals surface area contributed by atoms with Crippen molar-refractivity contribution in [1.29, 1.82) is 0 Å². The van der Waals surface area contributed by atoms with E-state index >= 15 is 0 Å². The first-order valence-electron chi connectivity index (χ1n) is 3.70. The molecule has 1 rings (SSSR count). The minimum Gasteiger partial charge on any atom is -0.480 e. The van der Waals surface area contributed by atoms with E-state index in [9.17, 15) is 18.4 Å². The largest absolute Gasteiger partial charge is 0.480 e. The van der Waals surface area contributed by atoms with Crippen LogP contribution in [0.25, 0.3) is 0 Å². The van der Waals surface area contributed by atoms with Gasteiger partial charge in [0.1, 0.15) is 12.2 Å². The Morgan fingerprint density at radius 1 is 1.64 bits per heavy atom. The molecule has 1 aromatic heterocycles. The Hall–Kier alpha value is -1.66. The monoisotopic (exact) mass is 206 g/mol. The van der Waals surface area contributed by atoms with E-state index in [-0.39, 0.29) is 0 Å². The number of alkyl halides is 2. The summed E-state index contributed by atoms with van der Waals surface area (Å²) in [7, 11) is 1.21. The zero-order valence-corrected chi connectivity index (χ0v) is 7.28. The van der Waals surface area contributed by atoms with Crippen LogP contribution in [-0.2, 0) is 18.4 Å². The Balaban J connectivity index is 3.18. The van der Waals surface area contributed by atoms with Crippen molar-refractivity contribution in [2.45, 2.75) is 13.0 Å². The summed E-state index contributed by atoms with van der Waals surface area (Å²) in [4.78, 5) is 21.3. The maximum Gasteiger partial charge on any atom is 0.325 e. The second-order valence-corrected chi connectivity index (χ2v) is 2.68. The summed E-state index contributed by atoms with van der Waals surface area (Å²) in [5, 5.41) is 8.40.